The number of nitrogens with zero attached hydrogens (tertiary/aromatic N) is 2. The predicted molar refractivity (Wildman–Crippen MR) is 74.6 cm³/mol. The van der Waals surface area contributed by atoms with Crippen LogP contribution in [0.25, 0.3) is 0 Å². The third-order valence-corrected chi connectivity index (χ3v) is 3.09. The summed E-state index contributed by atoms with van der Waals surface area (Å²) in [5.41, 5.74) is 1.58. The summed E-state index contributed by atoms with van der Waals surface area (Å²) in [5, 5.41) is 9.95. The fraction of sp³-hybridized carbons (Fsp3) is 0.308. The van der Waals surface area contributed by atoms with E-state index in [1.165, 1.54) is 0 Å². The van der Waals surface area contributed by atoms with Crippen molar-refractivity contribution < 1.29 is 4.79 Å². The number of halogens is 1. The van der Waals surface area contributed by atoms with Crippen LogP contribution in [0.15, 0.2) is 18.2 Å². The highest BCUT2D eigenvalue weighted by Crippen LogP contribution is 2.20. The molecule has 2 rings (SSSR count). The van der Waals surface area contributed by atoms with Gasteiger partial charge in [0.1, 0.15) is 5.82 Å². The topological polar surface area (TPSA) is 70.7 Å². The van der Waals surface area contributed by atoms with Crippen molar-refractivity contribution in [3.8, 4) is 0 Å². The Morgan fingerprint density at radius 1 is 1.42 bits per heavy atom. The molecule has 0 aliphatic rings. The number of H-pyrrole nitrogens is 1. The second-order valence-electron chi connectivity index (χ2n) is 4.62. The molecule has 1 amide bonds. The van der Waals surface area contributed by atoms with E-state index in [2.05, 4.69) is 20.5 Å². The molecule has 0 atom stereocenters. The van der Waals surface area contributed by atoms with Crippen LogP contribution in [-0.2, 0) is 0 Å². The molecule has 19 heavy (non-hydrogen) atoms. The molecule has 1 aromatic heterocycles. The van der Waals surface area contributed by atoms with Gasteiger partial charge in [0.25, 0.3) is 5.91 Å². The lowest BCUT2D eigenvalue weighted by Gasteiger charge is -2.04. The lowest BCUT2D eigenvalue weighted by atomic mass is 10.2. The molecule has 2 aromatic rings. The summed E-state index contributed by atoms with van der Waals surface area (Å²) < 4.78 is 0. The van der Waals surface area contributed by atoms with Crippen molar-refractivity contribution in [3.63, 3.8) is 0 Å². The highest BCUT2D eigenvalue weighted by atomic mass is 35.5. The molecule has 100 valence electrons. The fourth-order valence-corrected chi connectivity index (χ4v) is 1.67. The molecule has 2 N–H and O–H groups in total. The van der Waals surface area contributed by atoms with Gasteiger partial charge in [0.15, 0.2) is 0 Å². The third kappa shape index (κ3) is 3.12. The molecule has 0 aliphatic heterocycles. The molecule has 0 radical (unpaired) electrons. The molecule has 6 heteroatoms. The van der Waals surface area contributed by atoms with E-state index in [9.17, 15) is 4.79 Å². The zero-order valence-electron chi connectivity index (χ0n) is 11.0. The number of rotatable bonds is 3. The van der Waals surface area contributed by atoms with Gasteiger partial charge in [0, 0.05) is 16.6 Å². The maximum absolute atomic E-state index is 11.9. The van der Waals surface area contributed by atoms with Crippen molar-refractivity contribution in [1.29, 1.82) is 0 Å². The second-order valence-corrected chi connectivity index (χ2v) is 5.02. The summed E-state index contributed by atoms with van der Waals surface area (Å²) in [4.78, 5) is 16.1. The summed E-state index contributed by atoms with van der Waals surface area (Å²) in [7, 11) is 0. The minimum Gasteiger partial charge on any atom is -0.319 e. The molecule has 5 nitrogen and oxygen atoms in total. The summed E-state index contributed by atoms with van der Waals surface area (Å²) >= 11 is 6.00. The lowest BCUT2D eigenvalue weighted by Crippen LogP contribution is -2.13. The van der Waals surface area contributed by atoms with Crippen molar-refractivity contribution in [1.82, 2.24) is 15.2 Å². The van der Waals surface area contributed by atoms with Crippen molar-refractivity contribution in [2.24, 2.45) is 0 Å². The maximum Gasteiger partial charge on any atom is 0.295 e. The van der Waals surface area contributed by atoms with Gasteiger partial charge in [0.2, 0.25) is 5.82 Å². The van der Waals surface area contributed by atoms with E-state index in [0.717, 1.165) is 5.56 Å². The van der Waals surface area contributed by atoms with Gasteiger partial charge in [-0.3, -0.25) is 9.89 Å². The van der Waals surface area contributed by atoms with E-state index >= 15 is 0 Å². The Kier molecular flexibility index (Phi) is 3.85. The molecule has 0 fully saturated rings. The van der Waals surface area contributed by atoms with Crippen LogP contribution in [0.1, 0.15) is 41.8 Å². The Morgan fingerprint density at radius 2 is 2.16 bits per heavy atom. The van der Waals surface area contributed by atoms with Crippen LogP contribution in [0.4, 0.5) is 5.69 Å². The Balaban J connectivity index is 2.13. The highest BCUT2D eigenvalue weighted by Gasteiger charge is 2.14. The van der Waals surface area contributed by atoms with Gasteiger partial charge in [-0.2, -0.15) is 0 Å². The van der Waals surface area contributed by atoms with E-state index in [0.29, 0.717) is 16.5 Å². The SMILES string of the molecule is Cc1ccc(NC(=O)c2n[nH]c(C(C)C)n2)cc1Cl. The van der Waals surface area contributed by atoms with Crippen LogP contribution >= 0.6 is 11.6 Å². The van der Waals surface area contributed by atoms with Crippen molar-refractivity contribution in [2.45, 2.75) is 26.7 Å². The average Bonchev–Trinajstić information content (AvgIpc) is 2.83. The van der Waals surface area contributed by atoms with E-state index in [1.807, 2.05) is 26.8 Å². The first-order valence-electron chi connectivity index (χ1n) is 5.97. The average molecular weight is 279 g/mol. The summed E-state index contributed by atoms with van der Waals surface area (Å²) in [6, 6.07) is 5.33. The van der Waals surface area contributed by atoms with Crippen molar-refractivity contribution >= 4 is 23.2 Å². The first-order chi connectivity index (χ1) is 8.97. The summed E-state index contributed by atoms with van der Waals surface area (Å²) in [5.74, 6) is 0.651. The number of amides is 1. The second kappa shape index (κ2) is 5.40. The maximum atomic E-state index is 11.9. The largest absolute Gasteiger partial charge is 0.319 e. The van der Waals surface area contributed by atoms with E-state index in [1.54, 1.807) is 12.1 Å². The van der Waals surface area contributed by atoms with Crippen molar-refractivity contribution in [3.05, 3.63) is 40.4 Å². The molecule has 1 aromatic carbocycles. The normalized spacial score (nSPS) is 10.8. The van der Waals surface area contributed by atoms with Gasteiger partial charge >= 0.3 is 0 Å². The van der Waals surface area contributed by atoms with E-state index in [4.69, 9.17) is 11.6 Å². The molecular formula is C13H15ClN4O. The minimum atomic E-state index is -0.358. The van der Waals surface area contributed by atoms with Gasteiger partial charge in [-0.25, -0.2) is 4.98 Å². The predicted octanol–water partition coefficient (Wildman–Crippen LogP) is 3.14. The number of carbonyl (C=O) groups is 1. The van der Waals surface area contributed by atoms with Gasteiger partial charge in [-0.1, -0.05) is 31.5 Å². The molecule has 0 saturated carbocycles. The molecule has 0 bridgehead atoms. The van der Waals surface area contributed by atoms with Crippen LogP contribution in [0, 0.1) is 6.92 Å². The molecular weight excluding hydrogens is 264 g/mol. The number of aromatic nitrogens is 3. The standard InChI is InChI=1S/C13H15ClN4O/c1-7(2)11-16-12(18-17-11)13(19)15-9-5-4-8(3)10(14)6-9/h4-7H,1-3H3,(H,15,19)(H,16,17,18). The number of hydrogen-bond donors (Lipinski definition) is 2. The van der Waals surface area contributed by atoms with Crippen LogP contribution in [0.5, 0.6) is 0 Å². The number of anilines is 1. The van der Waals surface area contributed by atoms with Gasteiger partial charge in [-0.05, 0) is 24.6 Å². The Labute approximate surface area is 116 Å². The molecule has 0 aliphatic carbocycles. The van der Waals surface area contributed by atoms with Crippen LogP contribution in [-0.4, -0.2) is 21.1 Å². The quantitative estimate of drug-likeness (QED) is 0.906. The van der Waals surface area contributed by atoms with Crippen LogP contribution in [0.2, 0.25) is 5.02 Å². The molecule has 0 spiro atoms. The Hall–Kier alpha value is -1.88. The minimum absolute atomic E-state index is 0.125. The zero-order chi connectivity index (χ0) is 14.0. The summed E-state index contributed by atoms with van der Waals surface area (Å²) in [6.07, 6.45) is 0. The van der Waals surface area contributed by atoms with Gasteiger partial charge < -0.3 is 5.32 Å². The monoisotopic (exact) mass is 278 g/mol. The lowest BCUT2D eigenvalue weighted by molar-refractivity contribution is 0.101. The first-order valence-corrected chi connectivity index (χ1v) is 6.35. The number of nitrogens with one attached hydrogen (secondary N) is 2. The Morgan fingerprint density at radius 3 is 2.74 bits per heavy atom. The van der Waals surface area contributed by atoms with Gasteiger partial charge in [-0.15, -0.1) is 5.10 Å². The molecule has 0 saturated heterocycles. The summed E-state index contributed by atoms with van der Waals surface area (Å²) in [6.45, 7) is 5.85. The van der Waals surface area contributed by atoms with Crippen LogP contribution in [0.3, 0.4) is 0 Å². The number of hydrogen-bond acceptors (Lipinski definition) is 3. The third-order valence-electron chi connectivity index (χ3n) is 2.68. The van der Waals surface area contributed by atoms with Crippen molar-refractivity contribution in [2.75, 3.05) is 5.32 Å². The number of aryl methyl sites for hydroxylation is 1. The van der Waals surface area contributed by atoms with E-state index in [-0.39, 0.29) is 17.6 Å². The Bertz CT molecular complexity index is 606. The smallest absolute Gasteiger partial charge is 0.295 e. The first kappa shape index (κ1) is 13.5. The van der Waals surface area contributed by atoms with Gasteiger partial charge in [0.05, 0.1) is 0 Å². The zero-order valence-corrected chi connectivity index (χ0v) is 11.7. The van der Waals surface area contributed by atoms with Crippen LogP contribution < -0.4 is 5.32 Å². The van der Waals surface area contributed by atoms with E-state index < -0.39 is 0 Å². The molecule has 1 heterocycles. The molecule has 0 unspecified atom stereocenters. The number of benzene rings is 1. The highest BCUT2D eigenvalue weighted by molar-refractivity contribution is 6.31. The number of carbonyl (C=O) groups excluding carboxylic acids is 1. The number of aromatic amines is 1. The fourth-order valence-electron chi connectivity index (χ4n) is 1.49.